The van der Waals surface area contributed by atoms with Gasteiger partial charge in [0.15, 0.2) is 0 Å². The molecule has 0 aromatic heterocycles. The predicted octanol–water partition coefficient (Wildman–Crippen LogP) is 5.01. The van der Waals surface area contributed by atoms with Gasteiger partial charge in [-0.1, -0.05) is 134 Å². The van der Waals surface area contributed by atoms with Gasteiger partial charge in [-0.25, -0.2) is 0 Å². The van der Waals surface area contributed by atoms with Crippen molar-refractivity contribution in [2.45, 2.75) is 31.9 Å². The van der Waals surface area contributed by atoms with E-state index in [1.165, 1.54) is 50.1 Å². The minimum Gasteiger partial charge on any atom is -1.00 e. The fourth-order valence-corrected chi connectivity index (χ4v) is 5.65. The second-order valence-electron chi connectivity index (χ2n) is 11.2. The number of fused-ring (bicyclic) bond motifs is 2. The van der Waals surface area contributed by atoms with Crippen molar-refractivity contribution in [2.75, 3.05) is 0 Å². The molecular weight excluding hydrogens is 683 g/mol. The third kappa shape index (κ3) is 9.99. The molecule has 5 aromatic rings. The summed E-state index contributed by atoms with van der Waals surface area (Å²) < 4.78 is 0. The number of allylic oxidation sites excluding steroid dienone is 6. The number of hydrogen-bond donors (Lipinski definition) is 0. The summed E-state index contributed by atoms with van der Waals surface area (Å²) in [6, 6.07) is 41.2. The standard InChI is InChI=1S/C22H17.C17H15.C2H6Si.2ClH.Zr/c1-3-9-17(10-4-1)20-15-19-13-7-8-14-21(22(19)16-20)18-11-5-2-6-12-18;1-13-11-15-9-5-6-10-16(17(15)12-13)14-7-3-2-4-8-14;1-3-2;;;/h1-16,21H;2-12,16H,1H3;1-2H3;2*1H;/q2*-1;;;;+2/p-2. The Bertz CT molecular complexity index is 1750. The summed E-state index contributed by atoms with van der Waals surface area (Å²) in [5.41, 5.74) is 12.3. The van der Waals surface area contributed by atoms with Gasteiger partial charge in [-0.2, -0.15) is 17.2 Å². The minimum atomic E-state index is 0. The van der Waals surface area contributed by atoms with Gasteiger partial charge >= 0.3 is 41.9 Å². The van der Waals surface area contributed by atoms with Crippen molar-refractivity contribution in [3.05, 3.63) is 191 Å². The van der Waals surface area contributed by atoms with E-state index in [9.17, 15) is 0 Å². The van der Waals surface area contributed by atoms with Crippen LogP contribution in [0.1, 0.15) is 50.8 Å². The molecule has 0 saturated heterocycles. The van der Waals surface area contributed by atoms with E-state index in [4.69, 9.17) is 0 Å². The second-order valence-corrected chi connectivity index (χ2v) is 20.6. The molecule has 0 aliphatic heterocycles. The number of aryl methyl sites for hydroxylation is 1. The van der Waals surface area contributed by atoms with Gasteiger partial charge < -0.3 is 24.8 Å². The fraction of sp³-hybridized carbons (Fsp3) is 0.122. The van der Waals surface area contributed by atoms with Crippen LogP contribution in [-0.2, 0) is 23.3 Å². The summed E-state index contributed by atoms with van der Waals surface area (Å²) in [7, 11) is 0. The molecule has 0 saturated carbocycles. The maximum Gasteiger partial charge on any atom is -0.0144 e. The average Bonchev–Trinajstić information content (AvgIpc) is 3.48. The molecule has 2 unspecified atom stereocenters. The summed E-state index contributed by atoms with van der Waals surface area (Å²) in [5, 5.41) is 0. The summed E-state index contributed by atoms with van der Waals surface area (Å²) in [6.07, 6.45) is 17.5. The number of rotatable bonds is 3. The second kappa shape index (κ2) is 18.2. The van der Waals surface area contributed by atoms with Crippen LogP contribution in [0.15, 0.2) is 152 Å². The Morgan fingerprint density at radius 2 is 1.00 bits per heavy atom. The van der Waals surface area contributed by atoms with Gasteiger partial charge in [0.1, 0.15) is 0 Å². The zero-order valence-electron chi connectivity index (χ0n) is 26.0. The van der Waals surface area contributed by atoms with Crippen molar-refractivity contribution in [1.29, 1.82) is 0 Å². The first-order valence-corrected chi connectivity index (χ1v) is 21.1. The Morgan fingerprint density at radius 1 is 0.578 bits per heavy atom. The van der Waals surface area contributed by atoms with Crippen LogP contribution in [0.25, 0.3) is 23.3 Å². The molecule has 0 bridgehead atoms. The first kappa shape index (κ1) is 36.5. The van der Waals surface area contributed by atoms with Crippen molar-refractivity contribution >= 4 is 17.6 Å². The average molecular weight is 721 g/mol. The Kier molecular flexibility index (Phi) is 14.8. The summed E-state index contributed by atoms with van der Waals surface area (Å²) >= 11 is 1.74. The molecule has 0 fully saturated rings. The van der Waals surface area contributed by atoms with Crippen molar-refractivity contribution in [2.24, 2.45) is 0 Å². The Balaban J connectivity index is 0.000000216. The van der Waals surface area contributed by atoms with Crippen LogP contribution in [0.4, 0.5) is 0 Å². The Morgan fingerprint density at radius 3 is 1.49 bits per heavy atom. The largest absolute Gasteiger partial charge is 1.00 e. The number of hydrogen-bond acceptors (Lipinski definition) is 0. The zero-order valence-corrected chi connectivity index (χ0v) is 31.0. The van der Waals surface area contributed by atoms with Gasteiger partial charge in [0.25, 0.3) is 0 Å². The Hall–Kier alpha value is -3.00. The van der Waals surface area contributed by atoms with Crippen LogP contribution in [-0.4, -0.2) is 5.43 Å². The fourth-order valence-electron chi connectivity index (χ4n) is 5.65. The quantitative estimate of drug-likeness (QED) is 0.182. The molecule has 7 rings (SSSR count). The van der Waals surface area contributed by atoms with E-state index >= 15 is 0 Å². The van der Waals surface area contributed by atoms with Crippen molar-refractivity contribution in [3.63, 3.8) is 0 Å². The molecule has 0 nitrogen and oxygen atoms in total. The smallest absolute Gasteiger partial charge is 0.0144 e. The van der Waals surface area contributed by atoms with E-state index in [1.54, 1.807) is 23.3 Å². The van der Waals surface area contributed by atoms with Crippen molar-refractivity contribution in [1.82, 2.24) is 0 Å². The summed E-state index contributed by atoms with van der Waals surface area (Å²) in [6.45, 7) is 6.78. The van der Waals surface area contributed by atoms with Gasteiger partial charge in [-0.3, -0.25) is 0 Å². The van der Waals surface area contributed by atoms with Gasteiger partial charge in [0.05, 0.1) is 0 Å². The maximum absolute atomic E-state index is 2.34. The molecule has 4 heteroatoms. The zero-order chi connectivity index (χ0) is 30.0. The topological polar surface area (TPSA) is 0 Å². The third-order valence-corrected chi connectivity index (χ3v) is 7.53. The van der Waals surface area contributed by atoms with Crippen LogP contribution in [0, 0.1) is 6.92 Å². The molecule has 0 radical (unpaired) electrons. The van der Waals surface area contributed by atoms with Crippen LogP contribution >= 0.6 is 0 Å². The maximum atomic E-state index is 2.34. The number of halogens is 2. The summed E-state index contributed by atoms with van der Waals surface area (Å²) in [4.78, 5) is 0. The normalized spacial score (nSPS) is 15.3. The molecule has 45 heavy (non-hydrogen) atoms. The minimum absolute atomic E-state index is 0. The molecule has 5 aromatic carbocycles. The van der Waals surface area contributed by atoms with Crippen molar-refractivity contribution < 1.29 is 48.1 Å². The first-order chi connectivity index (χ1) is 21.0. The number of benzene rings is 3. The molecule has 2 atom stereocenters. The van der Waals surface area contributed by atoms with E-state index in [1.807, 2.05) is 0 Å². The first-order valence-electron chi connectivity index (χ1n) is 14.9. The van der Waals surface area contributed by atoms with Crippen LogP contribution < -0.4 is 24.8 Å². The van der Waals surface area contributed by atoms with E-state index < -0.39 is 0 Å². The molecule has 2 aliphatic carbocycles. The Labute approximate surface area is 297 Å². The van der Waals surface area contributed by atoms with Crippen LogP contribution in [0.2, 0.25) is 13.1 Å². The third-order valence-electron chi connectivity index (χ3n) is 7.53. The molecule has 0 amide bonds. The van der Waals surface area contributed by atoms with Crippen molar-refractivity contribution in [3.8, 4) is 11.1 Å². The monoisotopic (exact) mass is 718 g/mol. The molecular formula is C41H38Cl2SiZr-2. The van der Waals surface area contributed by atoms with Gasteiger partial charge in [0, 0.05) is 0 Å². The molecule has 2 aliphatic rings. The van der Waals surface area contributed by atoms with Gasteiger partial charge in [-0.15, -0.1) is 58.7 Å². The molecule has 0 heterocycles. The van der Waals surface area contributed by atoms with E-state index in [2.05, 4.69) is 184 Å². The van der Waals surface area contributed by atoms with Gasteiger partial charge in [0.2, 0.25) is 0 Å². The van der Waals surface area contributed by atoms with Crippen LogP contribution in [0.3, 0.4) is 0 Å². The molecule has 0 N–H and O–H groups in total. The van der Waals surface area contributed by atoms with E-state index in [0.29, 0.717) is 11.8 Å². The SMILES string of the molecule is C1=Cc2[cH-]c(-c3ccccc3)cc2C(c2ccccc2)C=C1.C[Si](C)=[Zr+2].Cc1cc2c([cH-]1)C=CC=CC2c1ccccc1.[Cl-].[Cl-]. The van der Waals surface area contributed by atoms with Crippen LogP contribution in [0.5, 0.6) is 0 Å². The predicted molar refractivity (Wildman–Crippen MR) is 185 cm³/mol. The molecule has 0 spiro atoms. The summed E-state index contributed by atoms with van der Waals surface area (Å²) in [5.74, 6) is 0.707. The molecule has 226 valence electrons. The van der Waals surface area contributed by atoms with E-state index in [0.717, 1.165) is 0 Å². The van der Waals surface area contributed by atoms with Gasteiger partial charge in [-0.05, 0) is 23.0 Å². The van der Waals surface area contributed by atoms with E-state index in [-0.39, 0.29) is 30.2 Å².